The first-order chi connectivity index (χ1) is 6.69. The molecule has 6 nitrogen and oxygen atoms in total. The summed E-state index contributed by atoms with van der Waals surface area (Å²) in [4.78, 5) is 18.0. The molecule has 0 saturated carbocycles. The summed E-state index contributed by atoms with van der Waals surface area (Å²) in [6, 6.07) is 0. The summed E-state index contributed by atoms with van der Waals surface area (Å²) in [6.07, 6.45) is 1.84. The second kappa shape index (κ2) is 4.64. The van der Waals surface area contributed by atoms with Crippen molar-refractivity contribution in [2.45, 2.75) is 6.29 Å². The SMILES string of the molecule is COC(OC)c1cnc(C(=O)O)cn1. The Hall–Kier alpha value is -1.53. The fourth-order valence-corrected chi connectivity index (χ4v) is 0.908. The average molecular weight is 198 g/mol. The molecule has 0 unspecified atom stereocenters. The Kier molecular flexibility index (Phi) is 3.49. The summed E-state index contributed by atoms with van der Waals surface area (Å²) < 4.78 is 9.83. The summed E-state index contributed by atoms with van der Waals surface area (Å²) in [5.74, 6) is -1.12. The molecule has 0 aliphatic heterocycles. The molecule has 6 heteroatoms. The first-order valence-corrected chi connectivity index (χ1v) is 3.80. The van der Waals surface area contributed by atoms with Crippen molar-refractivity contribution in [3.05, 3.63) is 23.8 Å². The van der Waals surface area contributed by atoms with Gasteiger partial charge in [0, 0.05) is 14.2 Å². The molecule has 0 radical (unpaired) electrons. The first kappa shape index (κ1) is 10.6. The van der Waals surface area contributed by atoms with Crippen LogP contribution >= 0.6 is 0 Å². The highest BCUT2D eigenvalue weighted by Gasteiger charge is 2.12. The molecule has 0 aliphatic rings. The van der Waals surface area contributed by atoms with E-state index >= 15 is 0 Å². The van der Waals surface area contributed by atoms with E-state index in [4.69, 9.17) is 14.6 Å². The van der Waals surface area contributed by atoms with Gasteiger partial charge in [-0.3, -0.25) is 4.98 Å². The van der Waals surface area contributed by atoms with E-state index in [-0.39, 0.29) is 5.69 Å². The number of carboxylic acid groups (broad SMARTS) is 1. The fraction of sp³-hybridized carbons (Fsp3) is 0.375. The first-order valence-electron chi connectivity index (χ1n) is 3.80. The lowest BCUT2D eigenvalue weighted by Gasteiger charge is -2.11. The minimum absolute atomic E-state index is 0.111. The number of aromatic carboxylic acids is 1. The summed E-state index contributed by atoms with van der Waals surface area (Å²) in [5.41, 5.74) is 0.319. The standard InChI is InChI=1S/C8H10N2O4/c1-13-8(14-2)6-4-9-5(3-10-6)7(11)12/h3-4,8H,1-2H3,(H,11,12). The number of methoxy groups -OCH3 is 2. The summed E-state index contributed by atoms with van der Waals surface area (Å²) >= 11 is 0. The van der Waals surface area contributed by atoms with E-state index in [0.29, 0.717) is 5.69 Å². The van der Waals surface area contributed by atoms with E-state index in [1.165, 1.54) is 20.4 Å². The highest BCUT2D eigenvalue weighted by Crippen LogP contribution is 2.12. The molecule has 14 heavy (non-hydrogen) atoms. The van der Waals surface area contributed by atoms with Gasteiger partial charge in [0.25, 0.3) is 0 Å². The molecule has 0 aromatic carbocycles. The van der Waals surface area contributed by atoms with Gasteiger partial charge in [0.05, 0.1) is 12.4 Å². The lowest BCUT2D eigenvalue weighted by Crippen LogP contribution is -2.09. The second-order valence-corrected chi connectivity index (χ2v) is 2.43. The lowest BCUT2D eigenvalue weighted by molar-refractivity contribution is -0.108. The zero-order valence-corrected chi connectivity index (χ0v) is 7.80. The molecule has 76 valence electrons. The molecule has 0 saturated heterocycles. The van der Waals surface area contributed by atoms with E-state index in [0.717, 1.165) is 6.20 Å². The zero-order chi connectivity index (χ0) is 10.6. The monoisotopic (exact) mass is 198 g/mol. The second-order valence-electron chi connectivity index (χ2n) is 2.43. The van der Waals surface area contributed by atoms with Gasteiger partial charge in [-0.05, 0) is 0 Å². The van der Waals surface area contributed by atoms with E-state index < -0.39 is 12.3 Å². The van der Waals surface area contributed by atoms with Gasteiger partial charge in [0.2, 0.25) is 6.29 Å². The maximum absolute atomic E-state index is 10.5. The molecule has 0 bridgehead atoms. The molecule has 1 aromatic heterocycles. The Morgan fingerprint density at radius 1 is 1.36 bits per heavy atom. The Balaban J connectivity index is 2.87. The lowest BCUT2D eigenvalue weighted by atomic mass is 10.4. The van der Waals surface area contributed by atoms with Crippen LogP contribution in [0, 0.1) is 0 Å². The van der Waals surface area contributed by atoms with Crippen molar-refractivity contribution in [1.82, 2.24) is 9.97 Å². The molecular formula is C8H10N2O4. The summed E-state index contributed by atoms with van der Waals surface area (Å²) in [7, 11) is 2.92. The van der Waals surface area contributed by atoms with Gasteiger partial charge in [-0.2, -0.15) is 0 Å². The topological polar surface area (TPSA) is 81.5 Å². The van der Waals surface area contributed by atoms with Crippen LogP contribution in [0.5, 0.6) is 0 Å². The van der Waals surface area contributed by atoms with Crippen LogP contribution in [-0.2, 0) is 9.47 Å². The number of nitrogens with zero attached hydrogens (tertiary/aromatic N) is 2. The minimum atomic E-state index is -1.12. The molecule has 0 amide bonds. The van der Waals surface area contributed by atoms with Crippen LogP contribution in [0.4, 0.5) is 0 Å². The van der Waals surface area contributed by atoms with Gasteiger partial charge < -0.3 is 14.6 Å². The number of hydrogen-bond acceptors (Lipinski definition) is 5. The van der Waals surface area contributed by atoms with Crippen molar-refractivity contribution in [2.75, 3.05) is 14.2 Å². The third kappa shape index (κ3) is 2.24. The minimum Gasteiger partial charge on any atom is -0.476 e. The van der Waals surface area contributed by atoms with E-state index in [1.807, 2.05) is 0 Å². The van der Waals surface area contributed by atoms with Crippen molar-refractivity contribution < 1.29 is 19.4 Å². The molecule has 0 fully saturated rings. The van der Waals surface area contributed by atoms with Gasteiger partial charge in [0.1, 0.15) is 5.69 Å². The number of rotatable bonds is 4. The van der Waals surface area contributed by atoms with Gasteiger partial charge in [-0.1, -0.05) is 0 Å². The van der Waals surface area contributed by atoms with Crippen LogP contribution in [-0.4, -0.2) is 35.3 Å². The van der Waals surface area contributed by atoms with Crippen LogP contribution < -0.4 is 0 Å². The predicted octanol–water partition coefficient (Wildman–Crippen LogP) is 0.466. The number of hydrogen-bond donors (Lipinski definition) is 1. The van der Waals surface area contributed by atoms with E-state index in [1.54, 1.807) is 0 Å². The third-order valence-corrected chi connectivity index (χ3v) is 1.56. The Labute approximate surface area is 80.5 Å². The van der Waals surface area contributed by atoms with Gasteiger partial charge in [0.15, 0.2) is 5.69 Å². The van der Waals surface area contributed by atoms with Crippen molar-refractivity contribution in [3.63, 3.8) is 0 Å². The molecule has 1 N–H and O–H groups in total. The molecule has 0 atom stereocenters. The summed E-state index contributed by atoms with van der Waals surface area (Å²) in [6.45, 7) is 0. The number of ether oxygens (including phenoxy) is 2. The predicted molar refractivity (Wildman–Crippen MR) is 45.8 cm³/mol. The average Bonchev–Trinajstić information content (AvgIpc) is 2.20. The molecule has 0 aliphatic carbocycles. The van der Waals surface area contributed by atoms with Gasteiger partial charge >= 0.3 is 5.97 Å². The van der Waals surface area contributed by atoms with Gasteiger partial charge in [-0.25, -0.2) is 9.78 Å². The quantitative estimate of drug-likeness (QED) is 0.708. The molecule has 1 rings (SSSR count). The third-order valence-electron chi connectivity index (χ3n) is 1.56. The highest BCUT2D eigenvalue weighted by atomic mass is 16.7. The van der Waals surface area contributed by atoms with Crippen LogP contribution in [0.2, 0.25) is 0 Å². The van der Waals surface area contributed by atoms with Crippen molar-refractivity contribution in [2.24, 2.45) is 0 Å². The fourth-order valence-electron chi connectivity index (χ4n) is 0.908. The Morgan fingerprint density at radius 3 is 2.36 bits per heavy atom. The van der Waals surface area contributed by atoms with Crippen LogP contribution in [0.15, 0.2) is 12.4 Å². The van der Waals surface area contributed by atoms with Crippen molar-refractivity contribution in [3.8, 4) is 0 Å². The van der Waals surface area contributed by atoms with Crippen LogP contribution in [0.3, 0.4) is 0 Å². The zero-order valence-electron chi connectivity index (χ0n) is 7.80. The highest BCUT2D eigenvalue weighted by molar-refractivity contribution is 5.84. The van der Waals surface area contributed by atoms with Gasteiger partial charge in [-0.15, -0.1) is 0 Å². The van der Waals surface area contributed by atoms with E-state index in [2.05, 4.69) is 9.97 Å². The summed E-state index contributed by atoms with van der Waals surface area (Å²) in [5, 5.41) is 8.56. The maximum atomic E-state index is 10.5. The Bertz CT molecular complexity index is 308. The largest absolute Gasteiger partial charge is 0.476 e. The van der Waals surface area contributed by atoms with Crippen LogP contribution in [0.25, 0.3) is 0 Å². The number of aromatic nitrogens is 2. The molecular weight excluding hydrogens is 188 g/mol. The normalized spacial score (nSPS) is 10.5. The molecule has 1 aromatic rings. The number of carbonyl (C=O) groups is 1. The van der Waals surface area contributed by atoms with Crippen LogP contribution in [0.1, 0.15) is 22.5 Å². The van der Waals surface area contributed by atoms with Crippen molar-refractivity contribution in [1.29, 1.82) is 0 Å². The molecule has 1 heterocycles. The van der Waals surface area contributed by atoms with E-state index in [9.17, 15) is 4.79 Å². The smallest absolute Gasteiger partial charge is 0.356 e. The number of carboxylic acids is 1. The van der Waals surface area contributed by atoms with Crippen molar-refractivity contribution >= 4 is 5.97 Å². The maximum Gasteiger partial charge on any atom is 0.356 e. The molecule has 0 spiro atoms. The Morgan fingerprint density at radius 2 is 2.00 bits per heavy atom.